The Kier molecular flexibility index (Phi) is 4.60. The molecule has 1 fully saturated rings. The van der Waals surface area contributed by atoms with Gasteiger partial charge in [0.05, 0.1) is 6.42 Å². The lowest BCUT2D eigenvalue weighted by molar-refractivity contribution is -0.127. The van der Waals surface area contributed by atoms with Crippen LogP contribution in [-0.2, 0) is 16.6 Å². The Balaban J connectivity index is 1.92. The summed E-state index contributed by atoms with van der Waals surface area (Å²) in [5.41, 5.74) is 0.707. The Labute approximate surface area is 161 Å². The minimum atomic E-state index is -4.35. The predicted molar refractivity (Wildman–Crippen MR) is 100 cm³/mol. The topological polar surface area (TPSA) is 49.3 Å². The largest absolute Gasteiger partial charge is 0.508 e. The minimum absolute atomic E-state index is 0.00757. The van der Waals surface area contributed by atoms with Crippen molar-refractivity contribution in [1.29, 1.82) is 0 Å². The van der Waals surface area contributed by atoms with E-state index in [1.165, 1.54) is 18.2 Å². The number of alkyl halides is 3. The maximum Gasteiger partial charge on any atom is 0.393 e. The van der Waals surface area contributed by atoms with E-state index in [1.54, 1.807) is 24.3 Å². The molecule has 148 valence electrons. The van der Waals surface area contributed by atoms with E-state index in [-0.39, 0.29) is 23.1 Å². The van der Waals surface area contributed by atoms with E-state index in [0.717, 1.165) is 37.7 Å². The van der Waals surface area contributed by atoms with Crippen molar-refractivity contribution in [3.63, 3.8) is 0 Å². The first-order valence-electron chi connectivity index (χ1n) is 9.62. The molecule has 1 aliphatic heterocycles. The number of hydrogen-bond acceptors (Lipinski definition) is 2. The molecule has 0 bridgehead atoms. The van der Waals surface area contributed by atoms with Crippen molar-refractivity contribution in [3.05, 3.63) is 59.2 Å². The van der Waals surface area contributed by atoms with Crippen LogP contribution in [0, 0.1) is 5.92 Å². The number of carbonyl (C=O) groups excluding carboxylic acids is 1. The van der Waals surface area contributed by atoms with Crippen molar-refractivity contribution in [1.82, 2.24) is 0 Å². The molecule has 28 heavy (non-hydrogen) atoms. The van der Waals surface area contributed by atoms with Gasteiger partial charge in [-0.1, -0.05) is 49.6 Å². The van der Waals surface area contributed by atoms with Gasteiger partial charge in [0.2, 0.25) is 5.91 Å². The second-order valence-electron chi connectivity index (χ2n) is 7.78. The number of halogens is 3. The normalized spacial score (nSPS) is 22.8. The molecule has 1 unspecified atom stereocenters. The summed E-state index contributed by atoms with van der Waals surface area (Å²) in [6.45, 7) is 0. The quantitative estimate of drug-likeness (QED) is 0.747. The molecule has 2 aliphatic rings. The summed E-state index contributed by atoms with van der Waals surface area (Å²) in [4.78, 5) is 13.4. The second kappa shape index (κ2) is 6.83. The van der Waals surface area contributed by atoms with Crippen LogP contribution in [0.5, 0.6) is 5.75 Å². The third kappa shape index (κ3) is 3.05. The average molecular weight is 389 g/mol. The van der Waals surface area contributed by atoms with Gasteiger partial charge in [-0.15, -0.1) is 0 Å². The average Bonchev–Trinajstić information content (AvgIpc) is 2.96. The highest BCUT2D eigenvalue weighted by Crippen LogP contribution is 2.53. The molecular formula is C22H22F3NO2. The van der Waals surface area contributed by atoms with Crippen molar-refractivity contribution in [2.24, 2.45) is 5.92 Å². The Morgan fingerprint density at radius 2 is 1.71 bits per heavy atom. The molecule has 1 amide bonds. The molecule has 2 aromatic rings. The highest BCUT2D eigenvalue weighted by Gasteiger charge is 2.54. The molecule has 0 radical (unpaired) electrons. The summed E-state index contributed by atoms with van der Waals surface area (Å²) in [7, 11) is 0. The first-order valence-corrected chi connectivity index (χ1v) is 9.62. The Hall–Kier alpha value is -2.50. The lowest BCUT2D eigenvalue weighted by Crippen LogP contribution is -2.43. The van der Waals surface area contributed by atoms with Crippen LogP contribution >= 0.6 is 0 Å². The van der Waals surface area contributed by atoms with Crippen LogP contribution in [0.1, 0.15) is 48.8 Å². The summed E-state index contributed by atoms with van der Waals surface area (Å²) in [6.07, 6.45) is -0.648. The van der Waals surface area contributed by atoms with Gasteiger partial charge in [-0.2, -0.15) is 13.2 Å². The van der Waals surface area contributed by atoms with Crippen LogP contribution in [0.15, 0.2) is 42.5 Å². The van der Waals surface area contributed by atoms with E-state index in [4.69, 9.17) is 0 Å². The Bertz CT molecular complexity index is 886. The fourth-order valence-electron chi connectivity index (χ4n) is 4.96. The highest BCUT2D eigenvalue weighted by atomic mass is 19.4. The molecule has 4 rings (SSSR count). The third-order valence-corrected chi connectivity index (χ3v) is 6.10. The number of phenols is 1. The maximum atomic E-state index is 13.4. The highest BCUT2D eigenvalue weighted by molar-refractivity contribution is 6.09. The van der Waals surface area contributed by atoms with Crippen LogP contribution < -0.4 is 5.32 Å². The molecule has 6 heteroatoms. The van der Waals surface area contributed by atoms with Gasteiger partial charge in [0.25, 0.3) is 0 Å². The number of anilines is 1. The van der Waals surface area contributed by atoms with Gasteiger partial charge < -0.3 is 10.4 Å². The number of aromatic hydroxyl groups is 1. The second-order valence-corrected chi connectivity index (χ2v) is 7.78. The molecular weight excluding hydrogens is 367 g/mol. The van der Waals surface area contributed by atoms with Gasteiger partial charge in [0, 0.05) is 5.69 Å². The van der Waals surface area contributed by atoms with Gasteiger partial charge in [0.15, 0.2) is 0 Å². The monoisotopic (exact) mass is 389 g/mol. The van der Waals surface area contributed by atoms with Crippen LogP contribution in [-0.4, -0.2) is 17.2 Å². The molecule has 0 spiro atoms. The molecule has 0 aromatic heterocycles. The molecule has 1 saturated carbocycles. The van der Waals surface area contributed by atoms with Gasteiger partial charge in [-0.05, 0) is 47.6 Å². The minimum Gasteiger partial charge on any atom is -0.508 e. The molecule has 1 atom stereocenters. The summed E-state index contributed by atoms with van der Waals surface area (Å²) in [5.74, 6) is -0.171. The number of amides is 1. The molecule has 2 N–H and O–H groups in total. The number of rotatable bonds is 3. The van der Waals surface area contributed by atoms with Crippen molar-refractivity contribution in [2.75, 3.05) is 5.32 Å². The molecule has 3 nitrogen and oxygen atoms in total. The molecule has 0 saturated heterocycles. The smallest absolute Gasteiger partial charge is 0.393 e. The van der Waals surface area contributed by atoms with E-state index in [9.17, 15) is 23.1 Å². The lowest BCUT2D eigenvalue weighted by Gasteiger charge is -2.39. The van der Waals surface area contributed by atoms with E-state index >= 15 is 0 Å². The predicted octanol–water partition coefficient (Wildman–Crippen LogP) is 5.32. The third-order valence-electron chi connectivity index (χ3n) is 6.10. The molecule has 1 heterocycles. The van der Waals surface area contributed by atoms with Crippen LogP contribution in [0.25, 0.3) is 0 Å². The summed E-state index contributed by atoms with van der Waals surface area (Å²) >= 11 is 0. The Morgan fingerprint density at radius 3 is 2.36 bits per heavy atom. The van der Waals surface area contributed by atoms with Gasteiger partial charge >= 0.3 is 6.18 Å². The zero-order valence-electron chi connectivity index (χ0n) is 15.4. The van der Waals surface area contributed by atoms with E-state index < -0.39 is 18.0 Å². The summed E-state index contributed by atoms with van der Waals surface area (Å²) in [5, 5.41) is 12.5. The van der Waals surface area contributed by atoms with Gasteiger partial charge in [-0.25, -0.2) is 0 Å². The van der Waals surface area contributed by atoms with Crippen LogP contribution in [0.2, 0.25) is 0 Å². The zero-order valence-corrected chi connectivity index (χ0v) is 15.4. The van der Waals surface area contributed by atoms with Crippen molar-refractivity contribution < 1.29 is 23.1 Å². The fraction of sp³-hybridized carbons (Fsp3) is 0.409. The maximum absolute atomic E-state index is 13.4. The molecule has 2 aromatic carbocycles. The first kappa shape index (κ1) is 18.8. The summed E-state index contributed by atoms with van der Waals surface area (Å²) in [6, 6.07) is 11.3. The van der Waals surface area contributed by atoms with E-state index in [0.29, 0.717) is 11.3 Å². The van der Waals surface area contributed by atoms with Gasteiger partial charge in [-0.3, -0.25) is 4.79 Å². The number of nitrogens with one attached hydrogen (secondary N) is 1. The number of carbonyl (C=O) groups is 1. The number of fused-ring (bicyclic) bond motifs is 1. The standard InChI is InChI=1S/C22H22F3NO2/c23-21(24,25)13-14-5-4-8-18-19(14)26-20(28)22(18,15-6-2-1-3-7-15)16-9-11-17(27)12-10-16/h4-5,8-12,15,27H,1-3,6-7,13H2,(H,26,28). The van der Waals surface area contributed by atoms with Crippen molar-refractivity contribution >= 4 is 11.6 Å². The van der Waals surface area contributed by atoms with E-state index in [1.807, 2.05) is 0 Å². The SMILES string of the molecule is O=C1Nc2c(CC(F)(F)F)cccc2C1(c1ccc(O)cc1)C1CCCCC1. The number of para-hydroxylation sites is 1. The lowest BCUT2D eigenvalue weighted by atomic mass is 9.62. The van der Waals surface area contributed by atoms with Gasteiger partial charge in [0.1, 0.15) is 11.2 Å². The van der Waals surface area contributed by atoms with Crippen molar-refractivity contribution in [3.8, 4) is 5.75 Å². The number of benzene rings is 2. The number of hydrogen-bond donors (Lipinski definition) is 2. The van der Waals surface area contributed by atoms with Crippen LogP contribution in [0.4, 0.5) is 18.9 Å². The first-order chi connectivity index (χ1) is 13.3. The number of phenolic OH excluding ortho intramolecular Hbond substituents is 1. The zero-order chi connectivity index (χ0) is 19.9. The fourth-order valence-corrected chi connectivity index (χ4v) is 4.96. The Morgan fingerprint density at radius 1 is 1.04 bits per heavy atom. The molecule has 1 aliphatic carbocycles. The van der Waals surface area contributed by atoms with Crippen molar-refractivity contribution in [2.45, 2.75) is 50.1 Å². The van der Waals surface area contributed by atoms with Crippen LogP contribution in [0.3, 0.4) is 0 Å². The van der Waals surface area contributed by atoms with E-state index in [2.05, 4.69) is 5.32 Å². The summed E-state index contributed by atoms with van der Waals surface area (Å²) < 4.78 is 39.2.